The summed E-state index contributed by atoms with van der Waals surface area (Å²) in [6.07, 6.45) is 8.51. The number of hydrogen-bond acceptors (Lipinski definition) is 3. The lowest BCUT2D eigenvalue weighted by molar-refractivity contribution is -0.136. The number of esters is 1. The van der Waals surface area contributed by atoms with Crippen molar-refractivity contribution in [2.24, 2.45) is 0 Å². The third kappa shape index (κ3) is 5.29. The molecule has 0 aliphatic heterocycles. The van der Waals surface area contributed by atoms with Crippen molar-refractivity contribution in [3.63, 3.8) is 0 Å². The Bertz CT molecular complexity index is 848. The van der Waals surface area contributed by atoms with Crippen molar-refractivity contribution in [2.45, 2.75) is 38.0 Å². The molecule has 1 aliphatic rings. The van der Waals surface area contributed by atoms with Crippen LogP contribution in [0.1, 0.15) is 59.5 Å². The lowest BCUT2D eigenvalue weighted by Crippen LogP contribution is -2.13. The number of rotatable bonds is 6. The molecule has 0 radical (unpaired) electrons. The Balaban J connectivity index is 1.53. The maximum Gasteiger partial charge on any atom is 0.331 e. The van der Waals surface area contributed by atoms with Crippen molar-refractivity contribution >= 4 is 29.4 Å². The van der Waals surface area contributed by atoms with Crippen LogP contribution in [0.3, 0.4) is 0 Å². The first-order valence-corrected chi connectivity index (χ1v) is 9.84. The summed E-state index contributed by atoms with van der Waals surface area (Å²) in [6.45, 7) is -0.364. The monoisotopic (exact) mass is 400 g/mol. The van der Waals surface area contributed by atoms with Gasteiger partial charge in [-0.1, -0.05) is 61.2 Å². The van der Waals surface area contributed by atoms with Crippen LogP contribution in [0, 0.1) is 5.82 Å². The van der Waals surface area contributed by atoms with E-state index in [1.807, 2.05) is 12.1 Å². The fraction of sp³-hybridized carbons (Fsp3) is 0.304. The second-order valence-corrected chi connectivity index (χ2v) is 7.36. The number of halogens is 2. The molecular formula is C23H22ClFO3. The van der Waals surface area contributed by atoms with Crippen LogP contribution in [-0.2, 0) is 9.53 Å². The van der Waals surface area contributed by atoms with E-state index in [1.165, 1.54) is 61.9 Å². The average Bonchev–Trinajstić information content (AvgIpc) is 2.72. The van der Waals surface area contributed by atoms with Crippen LogP contribution in [0.2, 0.25) is 5.02 Å². The predicted octanol–water partition coefficient (Wildman–Crippen LogP) is 5.97. The number of benzene rings is 2. The summed E-state index contributed by atoms with van der Waals surface area (Å²) in [6, 6.07) is 11.8. The quantitative estimate of drug-likeness (QED) is 0.341. The molecule has 28 heavy (non-hydrogen) atoms. The number of ketones is 1. The molecule has 1 saturated carbocycles. The molecule has 0 N–H and O–H groups in total. The van der Waals surface area contributed by atoms with Gasteiger partial charge in [-0.15, -0.1) is 0 Å². The average molecular weight is 401 g/mol. The highest BCUT2D eigenvalue weighted by Gasteiger charge is 2.16. The predicted molar refractivity (Wildman–Crippen MR) is 108 cm³/mol. The van der Waals surface area contributed by atoms with Crippen LogP contribution in [0.25, 0.3) is 6.08 Å². The first-order valence-electron chi connectivity index (χ1n) is 9.46. The van der Waals surface area contributed by atoms with E-state index in [4.69, 9.17) is 16.3 Å². The normalized spacial score (nSPS) is 14.9. The van der Waals surface area contributed by atoms with Crippen LogP contribution in [0.4, 0.5) is 4.39 Å². The molecule has 1 fully saturated rings. The Kier molecular flexibility index (Phi) is 6.99. The van der Waals surface area contributed by atoms with Crippen molar-refractivity contribution < 1.29 is 18.7 Å². The Morgan fingerprint density at radius 1 is 1.07 bits per heavy atom. The van der Waals surface area contributed by atoms with E-state index < -0.39 is 11.8 Å². The zero-order valence-corrected chi connectivity index (χ0v) is 16.3. The minimum atomic E-state index is -0.730. The first kappa shape index (κ1) is 20.3. The molecule has 0 bridgehead atoms. The van der Waals surface area contributed by atoms with E-state index in [9.17, 15) is 14.0 Å². The Labute approximate surface area is 169 Å². The third-order valence-electron chi connectivity index (χ3n) is 5.04. The van der Waals surface area contributed by atoms with Gasteiger partial charge in [0.05, 0.1) is 5.02 Å². The fourth-order valence-corrected chi connectivity index (χ4v) is 3.69. The Hall–Kier alpha value is -2.46. The molecule has 0 saturated heterocycles. The standard InChI is InChI=1S/C23H22ClFO3/c24-20-7-4-8-21(25)19(20)13-14-23(27)28-15-22(26)18-11-9-17(10-12-18)16-5-2-1-3-6-16/h4,7-14,16H,1-3,5-6,15H2/b14-13+. The summed E-state index contributed by atoms with van der Waals surface area (Å²) in [7, 11) is 0. The van der Waals surface area contributed by atoms with Crippen LogP contribution in [-0.4, -0.2) is 18.4 Å². The van der Waals surface area contributed by atoms with Gasteiger partial charge in [0.1, 0.15) is 5.82 Å². The van der Waals surface area contributed by atoms with E-state index in [0.717, 1.165) is 6.08 Å². The van der Waals surface area contributed by atoms with E-state index in [2.05, 4.69) is 0 Å². The SMILES string of the molecule is O=C(/C=C/c1c(F)cccc1Cl)OCC(=O)c1ccc(C2CCCCC2)cc1. The van der Waals surface area contributed by atoms with Crippen molar-refractivity contribution in [1.82, 2.24) is 0 Å². The molecule has 2 aromatic rings. The zero-order chi connectivity index (χ0) is 19.9. The van der Waals surface area contributed by atoms with E-state index in [1.54, 1.807) is 12.1 Å². The van der Waals surface area contributed by atoms with Crippen molar-refractivity contribution in [3.8, 4) is 0 Å². The number of carbonyl (C=O) groups excluding carboxylic acids is 2. The van der Waals surface area contributed by atoms with E-state index >= 15 is 0 Å². The molecule has 0 amide bonds. The second-order valence-electron chi connectivity index (χ2n) is 6.96. The zero-order valence-electron chi connectivity index (χ0n) is 15.5. The first-order chi connectivity index (χ1) is 13.5. The van der Waals surface area contributed by atoms with Crippen molar-refractivity contribution in [3.05, 3.63) is 76.1 Å². The molecule has 0 aromatic heterocycles. The molecule has 1 aliphatic carbocycles. The summed E-state index contributed by atoms with van der Waals surface area (Å²) >= 11 is 5.89. The van der Waals surface area contributed by atoms with Crippen molar-refractivity contribution in [2.75, 3.05) is 6.61 Å². The van der Waals surface area contributed by atoms with Crippen molar-refractivity contribution in [1.29, 1.82) is 0 Å². The van der Waals surface area contributed by atoms with Gasteiger partial charge in [0.25, 0.3) is 0 Å². The number of ether oxygens (including phenoxy) is 1. The number of carbonyl (C=O) groups is 2. The molecule has 0 spiro atoms. The molecule has 3 nitrogen and oxygen atoms in total. The van der Waals surface area contributed by atoms with Gasteiger partial charge in [-0.2, -0.15) is 0 Å². The second kappa shape index (κ2) is 9.65. The molecule has 3 rings (SSSR count). The van der Waals surface area contributed by atoms with Crippen LogP contribution >= 0.6 is 11.6 Å². The van der Waals surface area contributed by atoms with Crippen LogP contribution < -0.4 is 0 Å². The molecule has 0 heterocycles. The molecular weight excluding hydrogens is 379 g/mol. The van der Waals surface area contributed by atoms with Crippen LogP contribution in [0.15, 0.2) is 48.5 Å². The lowest BCUT2D eigenvalue weighted by atomic mass is 9.84. The Morgan fingerprint density at radius 2 is 1.79 bits per heavy atom. The maximum atomic E-state index is 13.7. The molecule has 0 atom stereocenters. The van der Waals surface area contributed by atoms with Crippen LogP contribution in [0.5, 0.6) is 0 Å². The van der Waals surface area contributed by atoms with Gasteiger partial charge in [-0.3, -0.25) is 4.79 Å². The minimum absolute atomic E-state index is 0.103. The number of hydrogen-bond donors (Lipinski definition) is 0. The van der Waals surface area contributed by atoms with E-state index in [0.29, 0.717) is 11.5 Å². The molecule has 146 valence electrons. The summed E-state index contributed by atoms with van der Waals surface area (Å²) in [4.78, 5) is 24.0. The van der Waals surface area contributed by atoms with Gasteiger partial charge < -0.3 is 4.74 Å². The summed E-state index contributed by atoms with van der Waals surface area (Å²) in [5, 5.41) is 0.193. The highest BCUT2D eigenvalue weighted by Crippen LogP contribution is 2.32. The summed E-state index contributed by atoms with van der Waals surface area (Å²) in [5.41, 5.74) is 1.87. The fourth-order valence-electron chi connectivity index (χ4n) is 3.47. The molecule has 5 heteroatoms. The van der Waals surface area contributed by atoms with Gasteiger partial charge in [-0.25, -0.2) is 9.18 Å². The lowest BCUT2D eigenvalue weighted by Gasteiger charge is -2.22. The highest BCUT2D eigenvalue weighted by molar-refractivity contribution is 6.32. The highest BCUT2D eigenvalue weighted by atomic mass is 35.5. The van der Waals surface area contributed by atoms with Gasteiger partial charge in [0, 0.05) is 17.2 Å². The third-order valence-corrected chi connectivity index (χ3v) is 5.37. The van der Waals surface area contributed by atoms with Gasteiger partial charge >= 0.3 is 5.97 Å². The largest absolute Gasteiger partial charge is 0.454 e. The van der Waals surface area contributed by atoms with Gasteiger partial charge in [0.15, 0.2) is 12.4 Å². The Morgan fingerprint density at radius 3 is 2.46 bits per heavy atom. The summed E-state index contributed by atoms with van der Waals surface area (Å²) < 4.78 is 18.6. The minimum Gasteiger partial charge on any atom is -0.454 e. The molecule has 2 aromatic carbocycles. The maximum absolute atomic E-state index is 13.7. The number of Topliss-reactive ketones (excluding diaryl/α,β-unsaturated/α-hetero) is 1. The summed E-state index contributed by atoms with van der Waals surface area (Å²) in [5.74, 6) is -0.968. The smallest absolute Gasteiger partial charge is 0.331 e. The van der Waals surface area contributed by atoms with Gasteiger partial charge in [-0.05, 0) is 42.5 Å². The topological polar surface area (TPSA) is 43.4 Å². The van der Waals surface area contributed by atoms with E-state index in [-0.39, 0.29) is 23.0 Å². The molecule has 0 unspecified atom stereocenters. The van der Waals surface area contributed by atoms with Gasteiger partial charge in [0.2, 0.25) is 0 Å².